The van der Waals surface area contributed by atoms with Crippen LogP contribution in [0.2, 0.25) is 0 Å². The maximum Gasteiger partial charge on any atom is 0.230 e. The number of aryl methyl sites for hydroxylation is 1. The Balaban J connectivity index is 1.73. The minimum Gasteiger partial charge on any atom is -0.376 e. The van der Waals surface area contributed by atoms with Gasteiger partial charge >= 0.3 is 0 Å². The summed E-state index contributed by atoms with van der Waals surface area (Å²) in [4.78, 5) is 12.0. The predicted molar refractivity (Wildman–Crippen MR) is 99.8 cm³/mol. The summed E-state index contributed by atoms with van der Waals surface area (Å²) in [7, 11) is 1.87. The molecule has 0 spiro atoms. The molecule has 2 aromatic heterocycles. The second-order valence-electron chi connectivity index (χ2n) is 6.91. The first-order valence-electron chi connectivity index (χ1n) is 8.97. The van der Waals surface area contributed by atoms with Gasteiger partial charge in [0.15, 0.2) is 11.0 Å². The number of carbonyl (C=O) groups is 1. The van der Waals surface area contributed by atoms with Crippen molar-refractivity contribution < 1.29 is 9.53 Å². The first kappa shape index (κ1) is 18.9. The normalized spacial score (nSPS) is 17.2. The molecule has 142 valence electrons. The van der Waals surface area contributed by atoms with Gasteiger partial charge in [-0.1, -0.05) is 25.6 Å². The third kappa shape index (κ3) is 4.85. The fourth-order valence-corrected chi connectivity index (χ4v) is 3.55. The Hall–Kier alpha value is -1.87. The molecule has 3 rings (SSSR count). The van der Waals surface area contributed by atoms with Crippen LogP contribution in [0.3, 0.4) is 0 Å². The van der Waals surface area contributed by atoms with E-state index in [2.05, 4.69) is 34.5 Å². The van der Waals surface area contributed by atoms with Gasteiger partial charge in [0.25, 0.3) is 0 Å². The van der Waals surface area contributed by atoms with E-state index in [1.165, 1.54) is 11.8 Å². The van der Waals surface area contributed by atoms with Crippen LogP contribution in [0.4, 0.5) is 0 Å². The van der Waals surface area contributed by atoms with Crippen molar-refractivity contribution in [2.45, 2.75) is 44.5 Å². The third-order valence-corrected chi connectivity index (χ3v) is 5.08. The molecule has 8 nitrogen and oxygen atoms in total. The number of rotatable bonds is 8. The number of thioether (sulfide) groups is 1. The summed E-state index contributed by atoms with van der Waals surface area (Å²) in [5.41, 5.74) is 0.772. The van der Waals surface area contributed by atoms with Gasteiger partial charge in [-0.25, -0.2) is 0 Å². The standard InChI is InChI=1S/C17H26N6O2S/c1-12(2)9-18-15(24)11-26-17-20-19-16(14-6-7-22(3)21-14)23(17)10-13-5-4-8-25-13/h6-7,12-13H,4-5,8-11H2,1-3H3,(H,18,24). The Bertz CT molecular complexity index is 735. The van der Waals surface area contributed by atoms with Crippen molar-refractivity contribution in [3.05, 3.63) is 12.3 Å². The maximum atomic E-state index is 12.0. The molecule has 1 amide bonds. The summed E-state index contributed by atoms with van der Waals surface area (Å²) in [5.74, 6) is 1.47. The summed E-state index contributed by atoms with van der Waals surface area (Å²) in [5, 5.41) is 16.7. The van der Waals surface area contributed by atoms with Crippen LogP contribution in [0, 0.1) is 5.92 Å². The van der Waals surface area contributed by atoms with Gasteiger partial charge in [0.1, 0.15) is 5.69 Å². The number of nitrogens with one attached hydrogen (secondary N) is 1. The summed E-state index contributed by atoms with van der Waals surface area (Å²) in [6, 6.07) is 1.92. The monoisotopic (exact) mass is 378 g/mol. The molecule has 0 aromatic carbocycles. The molecule has 1 atom stereocenters. The molecule has 1 N–H and O–H groups in total. The second kappa shape index (κ2) is 8.68. The molecule has 1 aliphatic heterocycles. The highest BCUT2D eigenvalue weighted by Crippen LogP contribution is 2.25. The lowest BCUT2D eigenvalue weighted by Gasteiger charge is -2.14. The number of carbonyl (C=O) groups excluding carboxylic acids is 1. The highest BCUT2D eigenvalue weighted by atomic mass is 32.2. The molecule has 2 aromatic rings. The fraction of sp³-hybridized carbons (Fsp3) is 0.647. The summed E-state index contributed by atoms with van der Waals surface area (Å²) >= 11 is 1.40. The summed E-state index contributed by atoms with van der Waals surface area (Å²) in [6.45, 7) is 6.30. The van der Waals surface area contributed by atoms with Crippen LogP contribution in [0.5, 0.6) is 0 Å². The first-order chi connectivity index (χ1) is 12.5. The highest BCUT2D eigenvalue weighted by Gasteiger charge is 2.23. The van der Waals surface area contributed by atoms with Gasteiger partial charge in [0.05, 0.1) is 18.4 Å². The molecule has 1 aliphatic rings. The number of hydrogen-bond acceptors (Lipinski definition) is 6. The lowest BCUT2D eigenvalue weighted by Crippen LogP contribution is -2.29. The number of aromatic nitrogens is 5. The van der Waals surface area contributed by atoms with Crippen molar-refractivity contribution in [1.82, 2.24) is 29.9 Å². The fourth-order valence-electron chi connectivity index (χ4n) is 2.77. The van der Waals surface area contributed by atoms with E-state index in [4.69, 9.17) is 4.74 Å². The van der Waals surface area contributed by atoms with E-state index in [1.807, 2.05) is 23.9 Å². The van der Waals surface area contributed by atoms with Crippen LogP contribution < -0.4 is 5.32 Å². The van der Waals surface area contributed by atoms with Crippen LogP contribution in [-0.2, 0) is 23.1 Å². The van der Waals surface area contributed by atoms with Gasteiger partial charge in [0.2, 0.25) is 5.91 Å². The molecule has 1 saturated heterocycles. The zero-order valence-corrected chi connectivity index (χ0v) is 16.3. The van der Waals surface area contributed by atoms with E-state index in [0.717, 1.165) is 30.3 Å². The lowest BCUT2D eigenvalue weighted by molar-refractivity contribution is -0.118. The average molecular weight is 379 g/mol. The van der Waals surface area contributed by atoms with Crippen LogP contribution in [0.15, 0.2) is 17.4 Å². The highest BCUT2D eigenvalue weighted by molar-refractivity contribution is 7.99. The Labute approximate surface area is 157 Å². The number of hydrogen-bond donors (Lipinski definition) is 1. The van der Waals surface area contributed by atoms with Crippen LogP contribution >= 0.6 is 11.8 Å². The Morgan fingerprint density at radius 1 is 1.46 bits per heavy atom. The van der Waals surface area contributed by atoms with E-state index >= 15 is 0 Å². The smallest absolute Gasteiger partial charge is 0.230 e. The molecule has 0 bridgehead atoms. The van der Waals surface area contributed by atoms with Crippen LogP contribution in [-0.4, -0.2) is 55.5 Å². The van der Waals surface area contributed by atoms with Gasteiger partial charge in [-0.2, -0.15) is 5.10 Å². The van der Waals surface area contributed by atoms with Crippen LogP contribution in [0.1, 0.15) is 26.7 Å². The molecule has 3 heterocycles. The topological polar surface area (TPSA) is 86.9 Å². The molecule has 0 saturated carbocycles. The molecule has 1 unspecified atom stereocenters. The van der Waals surface area contributed by atoms with Gasteiger partial charge in [-0.05, 0) is 24.8 Å². The third-order valence-electron chi connectivity index (χ3n) is 4.11. The zero-order chi connectivity index (χ0) is 18.5. The van der Waals surface area contributed by atoms with Crippen molar-refractivity contribution in [1.29, 1.82) is 0 Å². The first-order valence-corrected chi connectivity index (χ1v) is 9.96. The molecule has 1 fully saturated rings. The Kier molecular flexibility index (Phi) is 6.31. The minimum atomic E-state index is 0.00903. The van der Waals surface area contributed by atoms with Crippen molar-refractivity contribution in [2.75, 3.05) is 18.9 Å². The van der Waals surface area contributed by atoms with E-state index in [9.17, 15) is 4.79 Å². The van der Waals surface area contributed by atoms with E-state index < -0.39 is 0 Å². The largest absolute Gasteiger partial charge is 0.376 e. The van der Waals surface area contributed by atoms with Gasteiger partial charge in [-0.3, -0.25) is 14.0 Å². The molecule has 26 heavy (non-hydrogen) atoms. The molecule has 0 radical (unpaired) electrons. The zero-order valence-electron chi connectivity index (χ0n) is 15.5. The quantitative estimate of drug-likeness (QED) is 0.704. The SMILES string of the molecule is CC(C)CNC(=O)CSc1nnc(-c2ccn(C)n2)n1CC1CCCO1. The number of ether oxygens (including phenoxy) is 1. The van der Waals surface area contributed by atoms with Gasteiger partial charge in [-0.15, -0.1) is 10.2 Å². The Morgan fingerprint density at radius 2 is 2.31 bits per heavy atom. The second-order valence-corrected chi connectivity index (χ2v) is 7.86. The molecule has 9 heteroatoms. The van der Waals surface area contributed by atoms with E-state index in [1.54, 1.807) is 4.68 Å². The molecular weight excluding hydrogens is 352 g/mol. The average Bonchev–Trinajstić information content (AvgIpc) is 3.33. The van der Waals surface area contributed by atoms with Gasteiger partial charge in [0, 0.05) is 26.4 Å². The predicted octanol–water partition coefficient (Wildman–Crippen LogP) is 1.72. The minimum absolute atomic E-state index is 0.00903. The Morgan fingerprint density at radius 3 is 2.96 bits per heavy atom. The maximum absolute atomic E-state index is 12.0. The van der Waals surface area contributed by atoms with Crippen LogP contribution in [0.25, 0.3) is 11.5 Å². The molecule has 0 aliphatic carbocycles. The van der Waals surface area contributed by atoms with Gasteiger partial charge < -0.3 is 10.1 Å². The summed E-state index contributed by atoms with van der Waals surface area (Å²) < 4.78 is 9.55. The van der Waals surface area contributed by atoms with Crippen molar-refractivity contribution in [2.24, 2.45) is 13.0 Å². The van der Waals surface area contributed by atoms with E-state index in [0.29, 0.717) is 30.6 Å². The van der Waals surface area contributed by atoms with E-state index in [-0.39, 0.29) is 12.0 Å². The van der Waals surface area contributed by atoms with Crippen molar-refractivity contribution in [3.8, 4) is 11.5 Å². The summed E-state index contributed by atoms with van der Waals surface area (Å²) in [6.07, 6.45) is 4.14. The molecular formula is C17H26N6O2S. The number of amides is 1. The lowest BCUT2D eigenvalue weighted by atomic mass is 10.2. The van der Waals surface area contributed by atoms with Crippen molar-refractivity contribution >= 4 is 17.7 Å². The number of nitrogens with zero attached hydrogens (tertiary/aromatic N) is 5. The van der Waals surface area contributed by atoms with Crippen molar-refractivity contribution in [3.63, 3.8) is 0 Å².